The standard InChI is InChI=1S/C8H12O5S2/c1-15-8(14)13-6-5(10)4(9)3-2-11-7(6)12-3/h3-7,9-10H,2H2,1H3/t3-,4-,5-,6+,7-/m1/s1. The van der Waals surface area contributed by atoms with Gasteiger partial charge >= 0.3 is 0 Å². The van der Waals surface area contributed by atoms with Crippen LogP contribution in [-0.4, -0.2) is 58.2 Å². The van der Waals surface area contributed by atoms with Gasteiger partial charge in [-0.15, -0.1) is 0 Å². The van der Waals surface area contributed by atoms with Crippen molar-refractivity contribution in [2.24, 2.45) is 0 Å². The number of ether oxygens (including phenoxy) is 3. The summed E-state index contributed by atoms with van der Waals surface area (Å²) in [6.07, 6.45) is -2.10. The molecule has 2 aliphatic heterocycles. The van der Waals surface area contributed by atoms with Crippen LogP contribution in [0.2, 0.25) is 0 Å². The number of fused-ring (bicyclic) bond motifs is 2. The third kappa shape index (κ3) is 2.13. The maximum atomic E-state index is 9.76. The van der Waals surface area contributed by atoms with E-state index in [2.05, 4.69) is 0 Å². The van der Waals surface area contributed by atoms with Gasteiger partial charge in [-0.05, 0) is 18.5 Å². The minimum atomic E-state index is -1.03. The predicted molar refractivity (Wildman–Crippen MR) is 57.6 cm³/mol. The maximum Gasteiger partial charge on any atom is 0.220 e. The average molecular weight is 252 g/mol. The Labute approximate surface area is 96.7 Å². The first-order chi connectivity index (χ1) is 7.13. The third-order valence-corrected chi connectivity index (χ3v) is 3.49. The summed E-state index contributed by atoms with van der Waals surface area (Å²) in [4.78, 5) is 0. The summed E-state index contributed by atoms with van der Waals surface area (Å²) >= 11 is 6.13. The molecule has 5 atom stereocenters. The van der Waals surface area contributed by atoms with Gasteiger partial charge in [-0.25, -0.2) is 0 Å². The Kier molecular flexibility index (Phi) is 3.49. The Bertz CT molecular complexity index is 261. The van der Waals surface area contributed by atoms with Gasteiger partial charge in [-0.3, -0.25) is 0 Å². The smallest absolute Gasteiger partial charge is 0.220 e. The summed E-state index contributed by atoms with van der Waals surface area (Å²) in [5.41, 5.74) is 0. The van der Waals surface area contributed by atoms with Crippen molar-refractivity contribution in [3.63, 3.8) is 0 Å². The van der Waals surface area contributed by atoms with Crippen LogP contribution in [0.3, 0.4) is 0 Å². The molecule has 0 aromatic rings. The summed E-state index contributed by atoms with van der Waals surface area (Å²) in [6.45, 7) is 0.273. The van der Waals surface area contributed by atoms with Gasteiger partial charge in [0.05, 0.1) is 6.61 Å². The van der Waals surface area contributed by atoms with E-state index < -0.39 is 30.7 Å². The first-order valence-electron chi connectivity index (χ1n) is 4.51. The maximum absolute atomic E-state index is 9.76. The number of aliphatic hydroxyl groups is 2. The fourth-order valence-corrected chi connectivity index (χ4v) is 1.97. The zero-order chi connectivity index (χ0) is 11.0. The molecule has 7 heteroatoms. The number of hydrogen-bond acceptors (Lipinski definition) is 7. The number of rotatable bonds is 1. The summed E-state index contributed by atoms with van der Waals surface area (Å²) in [5, 5.41) is 19.4. The Morgan fingerprint density at radius 3 is 2.87 bits per heavy atom. The predicted octanol–water partition coefficient (Wildman–Crippen LogP) is -0.504. The van der Waals surface area contributed by atoms with Crippen molar-refractivity contribution < 1.29 is 24.4 Å². The van der Waals surface area contributed by atoms with Crippen LogP contribution in [0.4, 0.5) is 0 Å². The Hall–Kier alpha value is 0.0800. The van der Waals surface area contributed by atoms with E-state index >= 15 is 0 Å². The molecule has 0 saturated carbocycles. The van der Waals surface area contributed by atoms with Crippen LogP contribution in [0.25, 0.3) is 0 Å². The Morgan fingerprint density at radius 1 is 1.47 bits per heavy atom. The molecule has 2 fully saturated rings. The van der Waals surface area contributed by atoms with Crippen LogP contribution in [0.1, 0.15) is 0 Å². The van der Waals surface area contributed by atoms with Crippen LogP contribution in [0.5, 0.6) is 0 Å². The number of thiocarbonyl (C=S) groups is 1. The summed E-state index contributed by atoms with van der Waals surface area (Å²) in [7, 11) is 0. The van der Waals surface area contributed by atoms with E-state index in [0.717, 1.165) is 0 Å². The van der Waals surface area contributed by atoms with Crippen molar-refractivity contribution in [2.45, 2.75) is 30.7 Å². The van der Waals surface area contributed by atoms with E-state index in [0.29, 0.717) is 4.38 Å². The van der Waals surface area contributed by atoms with Gasteiger partial charge in [0.1, 0.15) is 18.3 Å². The summed E-state index contributed by atoms with van der Waals surface area (Å²) in [5.74, 6) is 0. The van der Waals surface area contributed by atoms with Gasteiger partial charge < -0.3 is 24.4 Å². The molecule has 2 rings (SSSR count). The topological polar surface area (TPSA) is 68.2 Å². The lowest BCUT2D eigenvalue weighted by Gasteiger charge is -2.35. The van der Waals surface area contributed by atoms with E-state index in [1.807, 2.05) is 0 Å². The second-order valence-electron chi connectivity index (χ2n) is 3.39. The van der Waals surface area contributed by atoms with Gasteiger partial charge in [-0.2, -0.15) is 0 Å². The van der Waals surface area contributed by atoms with Crippen molar-refractivity contribution in [3.05, 3.63) is 0 Å². The molecular formula is C8H12O5S2. The van der Waals surface area contributed by atoms with Crippen molar-refractivity contribution >= 4 is 28.4 Å². The average Bonchev–Trinajstić information content (AvgIpc) is 2.68. The summed E-state index contributed by atoms with van der Waals surface area (Å²) < 4.78 is 16.1. The minimum Gasteiger partial charge on any atom is -0.467 e. The van der Waals surface area contributed by atoms with E-state index in [9.17, 15) is 10.2 Å². The molecule has 0 unspecified atom stereocenters. The van der Waals surface area contributed by atoms with Crippen molar-refractivity contribution in [2.75, 3.05) is 12.9 Å². The van der Waals surface area contributed by atoms with Crippen molar-refractivity contribution in [1.29, 1.82) is 0 Å². The molecule has 0 amide bonds. The quantitative estimate of drug-likeness (QED) is 0.610. The second kappa shape index (κ2) is 4.52. The monoisotopic (exact) mass is 252 g/mol. The molecule has 0 spiro atoms. The largest absolute Gasteiger partial charge is 0.467 e. The molecule has 2 saturated heterocycles. The molecular weight excluding hydrogens is 240 g/mol. The van der Waals surface area contributed by atoms with E-state index in [-0.39, 0.29) is 6.61 Å². The van der Waals surface area contributed by atoms with Crippen LogP contribution in [0, 0.1) is 0 Å². The SMILES string of the molecule is CSC(=S)O[C@@H]1[C@@H]2OC[C@@H](O2)[C@@H](O)[C@H]1O. The Balaban J connectivity index is 2.06. The minimum absolute atomic E-state index is 0.273. The van der Waals surface area contributed by atoms with E-state index in [4.69, 9.17) is 26.4 Å². The van der Waals surface area contributed by atoms with Crippen LogP contribution in [0.15, 0.2) is 0 Å². The number of aliphatic hydroxyl groups excluding tert-OH is 2. The molecule has 2 aliphatic rings. The molecule has 0 aliphatic carbocycles. The molecule has 2 heterocycles. The normalized spacial score (nSPS) is 44.1. The highest BCUT2D eigenvalue weighted by molar-refractivity contribution is 8.22. The van der Waals surface area contributed by atoms with Crippen LogP contribution < -0.4 is 0 Å². The van der Waals surface area contributed by atoms with Crippen LogP contribution >= 0.6 is 24.0 Å². The molecule has 15 heavy (non-hydrogen) atoms. The van der Waals surface area contributed by atoms with Gasteiger partial charge in [0.2, 0.25) is 4.38 Å². The summed E-state index contributed by atoms with van der Waals surface area (Å²) in [6, 6.07) is 0. The fourth-order valence-electron chi connectivity index (χ4n) is 1.65. The highest BCUT2D eigenvalue weighted by atomic mass is 32.2. The zero-order valence-corrected chi connectivity index (χ0v) is 9.66. The zero-order valence-electron chi connectivity index (χ0n) is 8.03. The van der Waals surface area contributed by atoms with E-state index in [1.54, 1.807) is 6.26 Å². The highest BCUT2D eigenvalue weighted by Gasteiger charge is 2.51. The fraction of sp³-hybridized carbons (Fsp3) is 0.875. The first-order valence-corrected chi connectivity index (χ1v) is 6.14. The van der Waals surface area contributed by atoms with Crippen molar-refractivity contribution in [3.8, 4) is 0 Å². The van der Waals surface area contributed by atoms with E-state index in [1.165, 1.54) is 11.8 Å². The molecule has 0 radical (unpaired) electrons. The highest BCUT2D eigenvalue weighted by Crippen LogP contribution is 2.30. The van der Waals surface area contributed by atoms with Gasteiger partial charge in [-0.1, -0.05) is 11.8 Å². The van der Waals surface area contributed by atoms with Crippen LogP contribution in [-0.2, 0) is 14.2 Å². The third-order valence-electron chi connectivity index (χ3n) is 2.47. The van der Waals surface area contributed by atoms with Gasteiger partial charge in [0.25, 0.3) is 0 Å². The lowest BCUT2D eigenvalue weighted by molar-refractivity contribution is -0.222. The van der Waals surface area contributed by atoms with Gasteiger partial charge in [0, 0.05) is 0 Å². The molecule has 0 aromatic heterocycles. The molecule has 0 aromatic carbocycles. The van der Waals surface area contributed by atoms with Crippen molar-refractivity contribution in [1.82, 2.24) is 0 Å². The lowest BCUT2D eigenvalue weighted by atomic mass is 10.0. The molecule has 2 N–H and O–H groups in total. The Morgan fingerprint density at radius 2 is 2.20 bits per heavy atom. The number of hydrogen-bond donors (Lipinski definition) is 2. The first kappa shape index (κ1) is 11.6. The number of thioether (sulfide) groups is 1. The second-order valence-corrected chi connectivity index (χ2v) is 4.80. The molecule has 86 valence electrons. The molecule has 2 bridgehead atoms. The lowest BCUT2D eigenvalue weighted by Crippen LogP contribution is -2.55. The van der Waals surface area contributed by atoms with Gasteiger partial charge in [0.15, 0.2) is 12.4 Å². The molecule has 5 nitrogen and oxygen atoms in total.